The van der Waals surface area contributed by atoms with Crippen LogP contribution in [0.4, 0.5) is 5.69 Å². The summed E-state index contributed by atoms with van der Waals surface area (Å²) in [7, 11) is 0. The number of aromatic nitrogens is 3. The van der Waals surface area contributed by atoms with E-state index in [0.29, 0.717) is 6.54 Å². The van der Waals surface area contributed by atoms with Crippen LogP contribution < -0.4 is 10.7 Å². The minimum atomic E-state index is -0.225. The van der Waals surface area contributed by atoms with E-state index in [1.165, 1.54) is 6.21 Å². The summed E-state index contributed by atoms with van der Waals surface area (Å²) in [6.45, 7) is 0.819. The summed E-state index contributed by atoms with van der Waals surface area (Å²) in [5, 5.41) is 15.0. The van der Waals surface area contributed by atoms with Crippen molar-refractivity contribution in [1.29, 1.82) is 0 Å². The van der Waals surface area contributed by atoms with E-state index < -0.39 is 0 Å². The SMILES string of the molecule is O=C(CNc1ccccc1)N/N=C\C=C\c1cn(Cc2ccccc2)nn1. The molecule has 0 fully saturated rings. The summed E-state index contributed by atoms with van der Waals surface area (Å²) in [5.74, 6) is -0.225. The summed E-state index contributed by atoms with van der Waals surface area (Å²) in [6, 6.07) is 19.6. The number of carbonyl (C=O) groups is 1. The Kier molecular flexibility index (Phi) is 6.47. The monoisotopic (exact) mass is 360 g/mol. The van der Waals surface area contributed by atoms with E-state index in [4.69, 9.17) is 0 Å². The van der Waals surface area contributed by atoms with Crippen LogP contribution in [-0.2, 0) is 11.3 Å². The average molecular weight is 360 g/mol. The summed E-state index contributed by atoms with van der Waals surface area (Å²) in [6.07, 6.45) is 6.81. The molecule has 2 N–H and O–H groups in total. The summed E-state index contributed by atoms with van der Waals surface area (Å²) in [5.41, 5.74) is 5.21. The molecule has 1 aromatic heterocycles. The molecule has 0 saturated heterocycles. The number of anilines is 1. The van der Waals surface area contributed by atoms with Gasteiger partial charge in [-0.25, -0.2) is 10.1 Å². The number of hydrogen-bond acceptors (Lipinski definition) is 5. The van der Waals surface area contributed by atoms with Gasteiger partial charge in [-0.1, -0.05) is 53.7 Å². The van der Waals surface area contributed by atoms with Gasteiger partial charge in [0, 0.05) is 11.9 Å². The lowest BCUT2D eigenvalue weighted by Crippen LogP contribution is -2.25. The third-order valence-corrected chi connectivity index (χ3v) is 3.59. The summed E-state index contributed by atoms with van der Waals surface area (Å²) >= 11 is 0. The van der Waals surface area contributed by atoms with E-state index in [2.05, 4.69) is 26.2 Å². The lowest BCUT2D eigenvalue weighted by atomic mass is 10.2. The fourth-order valence-electron chi connectivity index (χ4n) is 2.31. The Morgan fingerprint density at radius 2 is 1.81 bits per heavy atom. The van der Waals surface area contributed by atoms with Crippen LogP contribution in [0.5, 0.6) is 0 Å². The maximum atomic E-state index is 11.7. The Morgan fingerprint density at radius 3 is 2.59 bits per heavy atom. The zero-order chi connectivity index (χ0) is 18.7. The van der Waals surface area contributed by atoms with Crippen LogP contribution in [0, 0.1) is 0 Å². The van der Waals surface area contributed by atoms with E-state index in [9.17, 15) is 4.79 Å². The zero-order valence-corrected chi connectivity index (χ0v) is 14.7. The highest BCUT2D eigenvalue weighted by Crippen LogP contribution is 2.04. The van der Waals surface area contributed by atoms with Gasteiger partial charge in [0.15, 0.2) is 0 Å². The fraction of sp³-hybridized carbons (Fsp3) is 0.100. The number of rotatable bonds is 8. The molecule has 27 heavy (non-hydrogen) atoms. The number of benzene rings is 2. The van der Waals surface area contributed by atoms with E-state index in [1.807, 2.05) is 66.9 Å². The van der Waals surface area contributed by atoms with Gasteiger partial charge in [0.05, 0.1) is 19.3 Å². The first-order chi connectivity index (χ1) is 13.3. The molecule has 0 spiro atoms. The van der Waals surface area contributed by atoms with Gasteiger partial charge < -0.3 is 5.32 Å². The van der Waals surface area contributed by atoms with E-state index in [1.54, 1.807) is 16.8 Å². The fourth-order valence-corrected chi connectivity index (χ4v) is 2.31. The minimum Gasteiger partial charge on any atom is -0.376 e. The largest absolute Gasteiger partial charge is 0.376 e. The molecule has 7 nitrogen and oxygen atoms in total. The number of para-hydroxylation sites is 1. The molecule has 3 aromatic rings. The van der Waals surface area contributed by atoms with Crippen LogP contribution in [-0.4, -0.2) is 33.7 Å². The van der Waals surface area contributed by atoms with Gasteiger partial charge in [-0.15, -0.1) is 5.10 Å². The third-order valence-electron chi connectivity index (χ3n) is 3.59. The smallest absolute Gasteiger partial charge is 0.259 e. The minimum absolute atomic E-state index is 0.152. The standard InChI is InChI=1S/C20H20N6O/c27-20(14-21-18-10-5-2-6-11-18)24-22-13-7-12-19-16-26(25-23-19)15-17-8-3-1-4-9-17/h1-13,16,21H,14-15H2,(H,24,27)/b12-7+,22-13-. The average Bonchev–Trinajstić information content (AvgIpc) is 3.15. The van der Waals surface area contributed by atoms with E-state index >= 15 is 0 Å². The van der Waals surface area contributed by atoms with Gasteiger partial charge in [0.2, 0.25) is 0 Å². The Balaban J connectivity index is 1.40. The molecule has 0 aliphatic heterocycles. The Bertz CT molecular complexity index is 902. The first-order valence-electron chi connectivity index (χ1n) is 8.51. The quantitative estimate of drug-likeness (QED) is 0.478. The van der Waals surface area contributed by atoms with Crippen molar-refractivity contribution in [2.24, 2.45) is 5.10 Å². The molecule has 1 heterocycles. The Hall–Kier alpha value is -3.74. The van der Waals surface area contributed by atoms with Gasteiger partial charge in [-0.3, -0.25) is 4.79 Å². The molecule has 1 amide bonds. The van der Waals surface area contributed by atoms with Crippen molar-refractivity contribution in [2.45, 2.75) is 6.54 Å². The number of carbonyl (C=O) groups excluding carboxylic acids is 1. The second-order valence-corrected chi connectivity index (χ2v) is 5.72. The zero-order valence-electron chi connectivity index (χ0n) is 14.7. The van der Waals surface area contributed by atoms with Crippen molar-refractivity contribution in [2.75, 3.05) is 11.9 Å². The Labute approximate surface area is 157 Å². The van der Waals surface area contributed by atoms with Gasteiger partial charge in [0.25, 0.3) is 5.91 Å². The maximum Gasteiger partial charge on any atom is 0.259 e. The molecule has 0 radical (unpaired) electrons. The highest BCUT2D eigenvalue weighted by atomic mass is 16.2. The van der Waals surface area contributed by atoms with Crippen LogP contribution in [0.2, 0.25) is 0 Å². The normalized spacial score (nSPS) is 11.1. The van der Waals surface area contributed by atoms with Crippen molar-refractivity contribution < 1.29 is 4.79 Å². The first kappa shape index (κ1) is 18.1. The molecule has 0 aliphatic rings. The van der Waals surface area contributed by atoms with Crippen molar-refractivity contribution >= 4 is 23.9 Å². The molecule has 0 aliphatic carbocycles. The van der Waals surface area contributed by atoms with Crippen LogP contribution >= 0.6 is 0 Å². The summed E-state index contributed by atoms with van der Waals surface area (Å²) in [4.78, 5) is 11.7. The van der Waals surface area contributed by atoms with Crippen LogP contribution in [0.15, 0.2) is 78.0 Å². The van der Waals surface area contributed by atoms with Crippen molar-refractivity contribution in [1.82, 2.24) is 20.4 Å². The molecule has 2 aromatic carbocycles. The first-order valence-corrected chi connectivity index (χ1v) is 8.51. The molecule has 0 atom stereocenters. The predicted octanol–water partition coefficient (Wildman–Crippen LogP) is 2.55. The highest BCUT2D eigenvalue weighted by Gasteiger charge is 1.99. The number of nitrogens with zero attached hydrogens (tertiary/aromatic N) is 4. The molecule has 0 saturated carbocycles. The molecule has 0 unspecified atom stereocenters. The maximum absolute atomic E-state index is 11.7. The lowest BCUT2D eigenvalue weighted by molar-refractivity contribution is -0.119. The van der Waals surface area contributed by atoms with Crippen LogP contribution in [0.1, 0.15) is 11.3 Å². The highest BCUT2D eigenvalue weighted by molar-refractivity contribution is 5.83. The molecule has 0 bridgehead atoms. The third kappa shape index (κ3) is 6.24. The Morgan fingerprint density at radius 1 is 1.07 bits per heavy atom. The summed E-state index contributed by atoms with van der Waals surface area (Å²) < 4.78 is 1.77. The van der Waals surface area contributed by atoms with Crippen molar-refractivity contribution in [3.05, 3.63) is 84.2 Å². The predicted molar refractivity (Wildman–Crippen MR) is 106 cm³/mol. The number of hydrogen-bond donors (Lipinski definition) is 2. The molecule has 136 valence electrons. The number of hydrazone groups is 1. The second-order valence-electron chi connectivity index (χ2n) is 5.72. The van der Waals surface area contributed by atoms with Gasteiger partial charge in [-0.05, 0) is 29.8 Å². The number of allylic oxidation sites excluding steroid dienone is 1. The molecule has 3 rings (SSSR count). The van der Waals surface area contributed by atoms with Crippen molar-refractivity contribution in [3.8, 4) is 0 Å². The second kappa shape index (κ2) is 9.67. The van der Waals surface area contributed by atoms with Crippen LogP contribution in [0.3, 0.4) is 0 Å². The van der Waals surface area contributed by atoms with Crippen molar-refractivity contribution in [3.63, 3.8) is 0 Å². The molecular formula is C20H20N6O. The molecule has 7 heteroatoms. The number of nitrogens with one attached hydrogen (secondary N) is 2. The van der Waals surface area contributed by atoms with E-state index in [-0.39, 0.29) is 12.5 Å². The lowest BCUT2D eigenvalue weighted by Gasteiger charge is -2.03. The van der Waals surface area contributed by atoms with Gasteiger partial charge in [0.1, 0.15) is 5.69 Å². The van der Waals surface area contributed by atoms with E-state index in [0.717, 1.165) is 16.9 Å². The number of amides is 1. The van der Waals surface area contributed by atoms with Gasteiger partial charge >= 0.3 is 0 Å². The molecular weight excluding hydrogens is 340 g/mol. The van der Waals surface area contributed by atoms with Crippen LogP contribution in [0.25, 0.3) is 6.08 Å². The topological polar surface area (TPSA) is 84.2 Å². The van der Waals surface area contributed by atoms with Gasteiger partial charge in [-0.2, -0.15) is 5.10 Å².